The minimum atomic E-state index is -1.62. The number of aliphatic carboxylic acids is 1. The topological polar surface area (TPSA) is 122 Å². The number of nitrogens with zero attached hydrogens (tertiary/aromatic N) is 3. The Morgan fingerprint density at radius 3 is 2.75 bits per heavy atom. The van der Waals surface area contributed by atoms with E-state index in [0.29, 0.717) is 0 Å². The molecule has 0 saturated carbocycles. The molecule has 128 valence electrons. The van der Waals surface area contributed by atoms with E-state index in [1.807, 2.05) is 0 Å². The number of carboxylic acids is 1. The van der Waals surface area contributed by atoms with Gasteiger partial charge in [-0.1, -0.05) is 11.6 Å². The number of ether oxygens (including phenoxy) is 1. The number of nitro groups is 1. The Balaban J connectivity index is 2.55. The summed E-state index contributed by atoms with van der Waals surface area (Å²) < 4.78 is 4.84. The van der Waals surface area contributed by atoms with Crippen LogP contribution in [0, 0.1) is 10.1 Å². The summed E-state index contributed by atoms with van der Waals surface area (Å²) in [5, 5.41) is 25.6. The van der Waals surface area contributed by atoms with Gasteiger partial charge in [-0.15, -0.1) is 0 Å². The van der Waals surface area contributed by atoms with Gasteiger partial charge in [0.1, 0.15) is 5.71 Å². The summed E-state index contributed by atoms with van der Waals surface area (Å²) in [6.45, 7) is 3.07. The predicted octanol–water partition coefficient (Wildman–Crippen LogP) is 2.22. The highest BCUT2D eigenvalue weighted by atomic mass is 35.5. The lowest BCUT2D eigenvalue weighted by atomic mass is 9.95. The van der Waals surface area contributed by atoms with Crippen molar-refractivity contribution in [1.29, 1.82) is 0 Å². The highest BCUT2D eigenvalue weighted by Gasteiger charge is 2.48. The van der Waals surface area contributed by atoms with Gasteiger partial charge in [0.2, 0.25) is 0 Å². The zero-order chi connectivity index (χ0) is 18.1. The Hall–Kier alpha value is -2.68. The summed E-state index contributed by atoms with van der Waals surface area (Å²) in [4.78, 5) is 33.9. The monoisotopic (exact) mass is 355 g/mol. The van der Waals surface area contributed by atoms with Crippen molar-refractivity contribution in [3.05, 3.63) is 33.3 Å². The predicted molar refractivity (Wildman–Crippen MR) is 85.3 cm³/mol. The zero-order valence-electron chi connectivity index (χ0n) is 12.9. The van der Waals surface area contributed by atoms with Crippen molar-refractivity contribution in [2.24, 2.45) is 5.10 Å². The number of carboxylic acid groups (broad SMARTS) is 1. The number of non-ortho nitro benzene ring substituents is 1. The molecule has 1 N–H and O–H groups in total. The van der Waals surface area contributed by atoms with E-state index in [1.165, 1.54) is 19.1 Å². The molecule has 24 heavy (non-hydrogen) atoms. The maximum absolute atomic E-state index is 11.9. The zero-order valence-corrected chi connectivity index (χ0v) is 13.6. The molecule has 10 heteroatoms. The number of nitro benzene ring substituents is 1. The van der Waals surface area contributed by atoms with E-state index in [4.69, 9.17) is 16.3 Å². The van der Waals surface area contributed by atoms with Crippen LogP contribution in [-0.2, 0) is 14.3 Å². The second-order valence-corrected chi connectivity index (χ2v) is 5.63. The fourth-order valence-electron chi connectivity index (χ4n) is 2.26. The SMILES string of the molecule is CCOC(=O)C1=NN(c2cc([N+](=O)[O-])ccc2Cl)[C@](C)(C(=O)O)C1. The summed E-state index contributed by atoms with van der Waals surface area (Å²) in [5.74, 6) is -2.00. The van der Waals surface area contributed by atoms with Gasteiger partial charge in [-0.05, 0) is 19.9 Å². The Labute approximate surface area is 141 Å². The molecule has 0 unspecified atom stereocenters. The average molecular weight is 356 g/mol. The molecule has 1 aliphatic heterocycles. The molecule has 1 aromatic rings. The van der Waals surface area contributed by atoms with Crippen LogP contribution in [0.5, 0.6) is 0 Å². The van der Waals surface area contributed by atoms with Gasteiger partial charge in [0.25, 0.3) is 5.69 Å². The van der Waals surface area contributed by atoms with Crippen LogP contribution in [0.2, 0.25) is 5.02 Å². The van der Waals surface area contributed by atoms with Crippen LogP contribution in [0.3, 0.4) is 0 Å². The van der Waals surface area contributed by atoms with Gasteiger partial charge >= 0.3 is 11.9 Å². The van der Waals surface area contributed by atoms with Gasteiger partial charge in [-0.25, -0.2) is 14.6 Å². The molecule has 0 saturated heterocycles. The van der Waals surface area contributed by atoms with Crippen molar-refractivity contribution in [1.82, 2.24) is 0 Å². The molecule has 9 nitrogen and oxygen atoms in total. The molecular weight excluding hydrogens is 342 g/mol. The first kappa shape index (κ1) is 17.7. The Kier molecular flexibility index (Phi) is 4.74. The van der Waals surface area contributed by atoms with E-state index in [1.54, 1.807) is 6.92 Å². The summed E-state index contributed by atoms with van der Waals surface area (Å²) in [5.41, 5.74) is -1.97. The number of benzene rings is 1. The van der Waals surface area contributed by atoms with E-state index >= 15 is 0 Å². The largest absolute Gasteiger partial charge is 0.479 e. The molecule has 0 bridgehead atoms. The molecule has 0 spiro atoms. The van der Waals surface area contributed by atoms with Crippen molar-refractivity contribution in [2.75, 3.05) is 11.6 Å². The van der Waals surface area contributed by atoms with Crippen LogP contribution in [-0.4, -0.2) is 39.8 Å². The molecular formula is C14H14ClN3O6. The summed E-state index contributed by atoms with van der Waals surface area (Å²) in [6.07, 6.45) is -0.222. The van der Waals surface area contributed by atoms with Gasteiger partial charge in [-0.2, -0.15) is 5.10 Å². The fraction of sp³-hybridized carbons (Fsp3) is 0.357. The number of anilines is 1. The van der Waals surface area contributed by atoms with Crippen LogP contribution in [0.15, 0.2) is 23.3 Å². The highest BCUT2D eigenvalue weighted by molar-refractivity contribution is 6.39. The number of hydrogen-bond donors (Lipinski definition) is 1. The van der Waals surface area contributed by atoms with E-state index in [2.05, 4.69) is 5.10 Å². The second kappa shape index (κ2) is 6.44. The van der Waals surface area contributed by atoms with Gasteiger partial charge in [-0.3, -0.25) is 10.1 Å². The van der Waals surface area contributed by atoms with Gasteiger partial charge in [0.15, 0.2) is 5.54 Å². The molecule has 0 radical (unpaired) electrons. The van der Waals surface area contributed by atoms with E-state index in [-0.39, 0.29) is 35.1 Å². The molecule has 1 heterocycles. The van der Waals surface area contributed by atoms with Crippen molar-refractivity contribution in [3.8, 4) is 0 Å². The van der Waals surface area contributed by atoms with Gasteiger partial charge in [0, 0.05) is 18.6 Å². The van der Waals surface area contributed by atoms with Crippen LogP contribution in [0.25, 0.3) is 0 Å². The van der Waals surface area contributed by atoms with Crippen LogP contribution in [0.1, 0.15) is 20.3 Å². The third-order valence-corrected chi connectivity index (χ3v) is 3.86. The molecule has 0 fully saturated rings. The van der Waals surface area contributed by atoms with Crippen molar-refractivity contribution in [3.63, 3.8) is 0 Å². The van der Waals surface area contributed by atoms with Crippen molar-refractivity contribution in [2.45, 2.75) is 25.8 Å². The number of halogens is 1. The average Bonchev–Trinajstić information content (AvgIpc) is 2.87. The molecule has 0 aromatic heterocycles. The van der Waals surface area contributed by atoms with Gasteiger partial charge in [0.05, 0.1) is 22.2 Å². The summed E-state index contributed by atoms with van der Waals surface area (Å²) in [7, 11) is 0. The van der Waals surface area contributed by atoms with Crippen LogP contribution in [0.4, 0.5) is 11.4 Å². The maximum Gasteiger partial charge on any atom is 0.354 e. The van der Waals surface area contributed by atoms with Crippen molar-refractivity contribution < 1.29 is 24.4 Å². The standard InChI is InChI=1S/C14H14ClN3O6/c1-3-24-12(19)10-7-14(2,13(20)21)17(16-10)11-6-8(18(22)23)4-5-9(11)15/h4-6H,3,7H2,1-2H3,(H,20,21)/t14-/m0/s1. The van der Waals surface area contributed by atoms with Gasteiger partial charge < -0.3 is 9.84 Å². The van der Waals surface area contributed by atoms with Crippen LogP contribution >= 0.6 is 11.6 Å². The quantitative estimate of drug-likeness (QED) is 0.488. The maximum atomic E-state index is 11.9. The van der Waals surface area contributed by atoms with E-state index in [9.17, 15) is 24.8 Å². The normalized spacial score (nSPS) is 19.8. The second-order valence-electron chi connectivity index (χ2n) is 5.23. The lowest BCUT2D eigenvalue weighted by Gasteiger charge is -2.30. The van der Waals surface area contributed by atoms with Crippen molar-refractivity contribution >= 4 is 40.6 Å². The number of carbonyl (C=O) groups excluding carboxylic acids is 1. The third kappa shape index (κ3) is 3.02. The van der Waals surface area contributed by atoms with E-state index < -0.39 is 22.4 Å². The number of carbonyl (C=O) groups is 2. The first-order valence-corrected chi connectivity index (χ1v) is 7.30. The number of hydrazone groups is 1. The molecule has 2 rings (SSSR count). The molecule has 0 aliphatic carbocycles. The fourth-order valence-corrected chi connectivity index (χ4v) is 2.46. The number of esters is 1. The Morgan fingerprint density at radius 2 is 2.21 bits per heavy atom. The Morgan fingerprint density at radius 1 is 1.54 bits per heavy atom. The molecule has 1 atom stereocenters. The Bertz CT molecular complexity index is 750. The number of hydrogen-bond acceptors (Lipinski definition) is 7. The first-order chi connectivity index (χ1) is 11.2. The highest BCUT2D eigenvalue weighted by Crippen LogP contribution is 2.39. The number of rotatable bonds is 5. The summed E-state index contributed by atoms with van der Waals surface area (Å²) in [6, 6.07) is 3.58. The first-order valence-electron chi connectivity index (χ1n) is 6.93. The minimum Gasteiger partial charge on any atom is -0.479 e. The minimum absolute atomic E-state index is 0.0232. The summed E-state index contributed by atoms with van der Waals surface area (Å²) >= 11 is 6.06. The molecule has 1 aliphatic rings. The smallest absolute Gasteiger partial charge is 0.354 e. The lowest BCUT2D eigenvalue weighted by Crippen LogP contribution is -2.47. The van der Waals surface area contributed by atoms with Crippen LogP contribution < -0.4 is 5.01 Å². The van der Waals surface area contributed by atoms with E-state index in [0.717, 1.165) is 11.1 Å². The lowest BCUT2D eigenvalue weighted by molar-refractivity contribution is -0.384. The third-order valence-electron chi connectivity index (χ3n) is 3.54. The molecule has 0 amide bonds. The molecule has 1 aromatic carbocycles.